The lowest BCUT2D eigenvalue weighted by molar-refractivity contribution is 0.0735. The number of hydrogen-bond donors (Lipinski definition) is 1. The predicted molar refractivity (Wildman–Crippen MR) is 166 cm³/mol. The molecule has 8 heteroatoms. The molecule has 1 fully saturated rings. The molecular formula is C32H33ClN4O2S. The van der Waals surface area contributed by atoms with Gasteiger partial charge in [0.25, 0.3) is 11.5 Å². The molecule has 0 radical (unpaired) electrons. The Balaban J connectivity index is 1.79. The first-order valence-corrected chi connectivity index (χ1v) is 14.8. The number of carbonyl (C=O) groups is 1. The second-order valence-corrected chi connectivity index (χ2v) is 11.6. The highest BCUT2D eigenvalue weighted by molar-refractivity contribution is 7.13. The van der Waals surface area contributed by atoms with Crippen molar-refractivity contribution in [1.29, 1.82) is 0 Å². The summed E-state index contributed by atoms with van der Waals surface area (Å²) in [6, 6.07) is 15.4. The second-order valence-electron chi connectivity index (χ2n) is 10.3. The van der Waals surface area contributed by atoms with Crippen molar-refractivity contribution in [3.63, 3.8) is 0 Å². The Labute approximate surface area is 244 Å². The van der Waals surface area contributed by atoms with Gasteiger partial charge in [0, 0.05) is 42.1 Å². The number of carbonyl (C=O) groups excluding carboxylic acids is 1. The number of halogens is 1. The van der Waals surface area contributed by atoms with E-state index in [0.717, 1.165) is 53.2 Å². The van der Waals surface area contributed by atoms with Crippen molar-refractivity contribution in [3.05, 3.63) is 97.2 Å². The quantitative estimate of drug-likeness (QED) is 0.282. The van der Waals surface area contributed by atoms with Crippen LogP contribution >= 0.6 is 22.9 Å². The van der Waals surface area contributed by atoms with E-state index < -0.39 is 0 Å². The van der Waals surface area contributed by atoms with E-state index in [9.17, 15) is 9.59 Å². The molecule has 0 spiro atoms. The van der Waals surface area contributed by atoms with Crippen LogP contribution in [0.4, 0.5) is 0 Å². The van der Waals surface area contributed by atoms with Crippen molar-refractivity contribution in [3.8, 4) is 27.5 Å². The molecule has 6 nitrogen and oxygen atoms in total. The number of aryl methyl sites for hydroxylation is 2. The molecule has 0 bridgehead atoms. The number of nitrogens with zero attached hydrogens (tertiary/aromatic N) is 3. The van der Waals surface area contributed by atoms with Gasteiger partial charge in [-0.2, -0.15) is 0 Å². The van der Waals surface area contributed by atoms with Crippen molar-refractivity contribution >= 4 is 34.9 Å². The van der Waals surface area contributed by atoms with E-state index in [0.29, 0.717) is 39.9 Å². The summed E-state index contributed by atoms with van der Waals surface area (Å²) >= 11 is 7.49. The molecule has 0 saturated carbocycles. The van der Waals surface area contributed by atoms with Crippen LogP contribution in [0.3, 0.4) is 0 Å². The normalized spacial score (nSPS) is 13.4. The summed E-state index contributed by atoms with van der Waals surface area (Å²) in [4.78, 5) is 35.2. The minimum absolute atomic E-state index is 0.0795. The molecule has 0 unspecified atom stereocenters. The molecule has 1 aliphatic heterocycles. The Kier molecular flexibility index (Phi) is 8.35. The maximum absolute atomic E-state index is 14.4. The Morgan fingerprint density at radius 3 is 2.50 bits per heavy atom. The number of benzene rings is 2. The van der Waals surface area contributed by atoms with Crippen molar-refractivity contribution < 1.29 is 4.79 Å². The molecule has 1 saturated heterocycles. The van der Waals surface area contributed by atoms with Crippen LogP contribution in [0.5, 0.6) is 0 Å². The van der Waals surface area contributed by atoms with E-state index >= 15 is 0 Å². The average Bonchev–Trinajstić information content (AvgIpc) is 3.43. The summed E-state index contributed by atoms with van der Waals surface area (Å²) in [6.07, 6.45) is 2.70. The number of pyridine rings is 1. The van der Waals surface area contributed by atoms with Crippen molar-refractivity contribution in [2.24, 2.45) is 0 Å². The zero-order chi connectivity index (χ0) is 28.4. The third kappa shape index (κ3) is 5.68. The van der Waals surface area contributed by atoms with E-state index in [1.165, 1.54) is 11.3 Å². The number of hydrogen-bond acceptors (Lipinski definition) is 5. The van der Waals surface area contributed by atoms with Crippen LogP contribution in [0, 0.1) is 6.92 Å². The SMILES string of the molecule is CCc1ccc(C)cc1-n1c(C=C(C)C)c(C(=O)N2CCNCC2)cc(-c2nc(-c3ccc(Cl)cc3)cs2)c1=O. The Morgan fingerprint density at radius 2 is 1.82 bits per heavy atom. The zero-order valence-electron chi connectivity index (χ0n) is 23.3. The molecule has 40 heavy (non-hydrogen) atoms. The van der Waals surface area contributed by atoms with Crippen LogP contribution in [0.15, 0.2) is 64.3 Å². The molecule has 4 aromatic rings. The number of piperazine rings is 1. The van der Waals surface area contributed by atoms with Gasteiger partial charge in [-0.3, -0.25) is 14.2 Å². The van der Waals surface area contributed by atoms with Crippen LogP contribution in [-0.2, 0) is 6.42 Å². The number of rotatable bonds is 6. The summed E-state index contributed by atoms with van der Waals surface area (Å²) in [5.74, 6) is -0.0795. The van der Waals surface area contributed by atoms with Gasteiger partial charge in [-0.1, -0.05) is 48.4 Å². The molecule has 1 N–H and O–H groups in total. The molecule has 0 aliphatic carbocycles. The molecule has 0 atom stereocenters. The van der Waals surface area contributed by atoms with Gasteiger partial charge in [0.15, 0.2) is 0 Å². The highest BCUT2D eigenvalue weighted by Gasteiger charge is 2.26. The van der Waals surface area contributed by atoms with Crippen molar-refractivity contribution in [1.82, 2.24) is 19.8 Å². The molecular weight excluding hydrogens is 540 g/mol. The molecule has 2 aromatic carbocycles. The fourth-order valence-electron chi connectivity index (χ4n) is 4.98. The van der Waals surface area contributed by atoms with E-state index in [-0.39, 0.29) is 11.5 Å². The molecule has 2 aromatic heterocycles. The first kappa shape index (κ1) is 28.0. The Hall–Kier alpha value is -3.52. The Bertz CT molecular complexity index is 1640. The summed E-state index contributed by atoms with van der Waals surface area (Å²) in [5.41, 5.74) is 6.88. The number of thiazole rings is 1. The van der Waals surface area contributed by atoms with Crippen LogP contribution < -0.4 is 10.9 Å². The second kappa shape index (κ2) is 11.9. The number of nitrogens with one attached hydrogen (secondary N) is 1. The summed E-state index contributed by atoms with van der Waals surface area (Å²) < 4.78 is 1.73. The summed E-state index contributed by atoms with van der Waals surface area (Å²) in [6.45, 7) is 10.8. The third-order valence-electron chi connectivity index (χ3n) is 7.04. The standard InChI is InChI=1S/C32H33ClN4O2S/c1-5-22-7-6-21(4)17-28(22)37-29(16-20(2)3)25(31(38)36-14-12-34-13-15-36)18-26(32(37)39)30-35-27(19-40-30)23-8-10-24(33)11-9-23/h6-11,16-19,34H,5,12-15H2,1-4H3. The van der Waals surface area contributed by atoms with E-state index in [2.05, 4.69) is 24.4 Å². The molecule has 1 amide bonds. The fourth-order valence-corrected chi connectivity index (χ4v) is 5.94. The van der Waals surface area contributed by atoms with Crippen LogP contribution in [-0.4, -0.2) is 46.5 Å². The van der Waals surface area contributed by atoms with E-state index in [1.807, 2.05) is 67.5 Å². The lowest BCUT2D eigenvalue weighted by Gasteiger charge is -2.29. The maximum Gasteiger partial charge on any atom is 0.265 e. The fraction of sp³-hybridized carbons (Fsp3) is 0.281. The van der Waals surface area contributed by atoms with Crippen molar-refractivity contribution in [2.75, 3.05) is 26.2 Å². The first-order chi connectivity index (χ1) is 19.3. The zero-order valence-corrected chi connectivity index (χ0v) is 24.8. The van der Waals surface area contributed by atoms with Gasteiger partial charge in [-0.15, -0.1) is 11.3 Å². The average molecular weight is 573 g/mol. The maximum atomic E-state index is 14.4. The highest BCUT2D eigenvalue weighted by Crippen LogP contribution is 2.31. The number of aromatic nitrogens is 2. The van der Waals surface area contributed by atoms with Crippen LogP contribution in [0.2, 0.25) is 5.02 Å². The molecule has 5 rings (SSSR count). The van der Waals surface area contributed by atoms with Gasteiger partial charge in [0.05, 0.1) is 28.2 Å². The van der Waals surface area contributed by atoms with Gasteiger partial charge in [-0.05, 0) is 68.7 Å². The first-order valence-electron chi connectivity index (χ1n) is 13.5. The lowest BCUT2D eigenvalue weighted by Crippen LogP contribution is -2.47. The minimum Gasteiger partial charge on any atom is -0.336 e. The minimum atomic E-state index is -0.193. The summed E-state index contributed by atoms with van der Waals surface area (Å²) in [7, 11) is 0. The van der Waals surface area contributed by atoms with Gasteiger partial charge in [-0.25, -0.2) is 4.98 Å². The van der Waals surface area contributed by atoms with Crippen LogP contribution in [0.25, 0.3) is 33.6 Å². The highest BCUT2D eigenvalue weighted by atomic mass is 35.5. The van der Waals surface area contributed by atoms with Crippen molar-refractivity contribution in [2.45, 2.75) is 34.1 Å². The van der Waals surface area contributed by atoms with Crippen LogP contribution in [0.1, 0.15) is 48.0 Å². The monoisotopic (exact) mass is 572 g/mol. The molecule has 1 aliphatic rings. The smallest absolute Gasteiger partial charge is 0.265 e. The molecule has 206 valence electrons. The Morgan fingerprint density at radius 1 is 1.10 bits per heavy atom. The topological polar surface area (TPSA) is 67.2 Å². The van der Waals surface area contributed by atoms with E-state index in [4.69, 9.17) is 16.6 Å². The van der Waals surface area contributed by atoms with Gasteiger partial charge < -0.3 is 10.2 Å². The number of amides is 1. The molecule has 3 heterocycles. The van der Waals surface area contributed by atoms with E-state index in [1.54, 1.807) is 10.6 Å². The van der Waals surface area contributed by atoms with Gasteiger partial charge in [0.2, 0.25) is 0 Å². The number of allylic oxidation sites excluding steroid dienone is 1. The predicted octanol–water partition coefficient (Wildman–Crippen LogP) is 6.62. The van der Waals surface area contributed by atoms with Gasteiger partial charge in [0.1, 0.15) is 5.01 Å². The largest absolute Gasteiger partial charge is 0.336 e. The summed E-state index contributed by atoms with van der Waals surface area (Å²) in [5, 5.41) is 6.48. The van der Waals surface area contributed by atoms with Gasteiger partial charge >= 0.3 is 0 Å². The lowest BCUT2D eigenvalue weighted by atomic mass is 10.0. The third-order valence-corrected chi connectivity index (χ3v) is 8.16.